The molecule has 250 valence electrons. The zero-order valence-electron chi connectivity index (χ0n) is 26.9. The number of amides is 2. The van der Waals surface area contributed by atoms with Gasteiger partial charge in [0.1, 0.15) is 11.5 Å². The summed E-state index contributed by atoms with van der Waals surface area (Å²) >= 11 is 0. The Kier molecular flexibility index (Phi) is 15.3. The molecule has 2 amide bonds. The third-order valence-electron chi connectivity index (χ3n) is 6.94. The molecule has 0 aliphatic heterocycles. The summed E-state index contributed by atoms with van der Waals surface area (Å²) in [4.78, 5) is 21.7. The first-order valence-corrected chi connectivity index (χ1v) is 16.1. The maximum Gasteiger partial charge on any atom is 0.294 e. The average molecular weight is 663 g/mol. The maximum atomic E-state index is 10.9. The fourth-order valence-electron chi connectivity index (χ4n) is 4.66. The molecule has 0 heterocycles. The van der Waals surface area contributed by atoms with Crippen LogP contribution < -0.4 is 20.1 Å². The smallest absolute Gasteiger partial charge is 0.294 e. The molecule has 5 aromatic rings. The molecule has 0 saturated carbocycles. The predicted octanol–water partition coefficient (Wildman–Crippen LogP) is 5.16. The van der Waals surface area contributed by atoms with Gasteiger partial charge in [-0.05, 0) is 81.9 Å². The Bertz CT molecular complexity index is 1760. The topological polar surface area (TPSA) is 163 Å². The van der Waals surface area contributed by atoms with Gasteiger partial charge in [0, 0.05) is 26.9 Å². The van der Waals surface area contributed by atoms with E-state index >= 15 is 0 Å². The van der Waals surface area contributed by atoms with E-state index in [1.165, 1.54) is 58.7 Å². The Labute approximate surface area is 275 Å². The van der Waals surface area contributed by atoms with E-state index in [9.17, 15) is 18.0 Å². The normalized spacial score (nSPS) is 10.3. The average Bonchev–Trinajstić information content (AvgIpc) is 3.05. The molecule has 5 rings (SSSR count). The second-order valence-electron chi connectivity index (χ2n) is 10.3. The summed E-state index contributed by atoms with van der Waals surface area (Å²) in [5.41, 5.74) is 2.44. The van der Waals surface area contributed by atoms with Crippen LogP contribution in [0.4, 0.5) is 0 Å². The molecule has 5 N–H and O–H groups in total. The van der Waals surface area contributed by atoms with Crippen molar-refractivity contribution in [2.75, 3.05) is 27.3 Å². The van der Waals surface area contributed by atoms with E-state index in [0.29, 0.717) is 13.1 Å². The first-order valence-electron chi connectivity index (χ1n) is 14.6. The van der Waals surface area contributed by atoms with Crippen molar-refractivity contribution < 1.29 is 37.5 Å². The molecule has 0 bridgehead atoms. The molecule has 0 aromatic heterocycles. The quantitative estimate of drug-likeness (QED) is 0.184. The third kappa shape index (κ3) is 12.4. The number of methoxy groups -OCH3 is 2. The Hall–Kier alpha value is -4.97. The lowest BCUT2D eigenvalue weighted by molar-refractivity contribution is -0.119. The summed E-state index contributed by atoms with van der Waals surface area (Å²) in [6, 6.07) is 31.9. The van der Waals surface area contributed by atoms with E-state index in [1.54, 1.807) is 32.4 Å². The van der Waals surface area contributed by atoms with Crippen LogP contribution in [0.5, 0.6) is 11.5 Å². The molecule has 47 heavy (non-hydrogen) atoms. The Morgan fingerprint density at radius 2 is 1.06 bits per heavy atom. The lowest BCUT2D eigenvalue weighted by atomic mass is 10.0. The van der Waals surface area contributed by atoms with Crippen molar-refractivity contribution in [2.45, 2.75) is 31.6 Å². The first kappa shape index (κ1) is 38.2. The number of carbonyl (C=O) groups excluding carboxylic acids is 2. The van der Waals surface area contributed by atoms with E-state index in [0.717, 1.165) is 24.3 Å². The molecule has 0 atom stereocenters. The van der Waals surface area contributed by atoms with Crippen molar-refractivity contribution in [3.05, 3.63) is 114 Å². The molecule has 10 nitrogen and oxygen atoms in total. The van der Waals surface area contributed by atoms with Crippen molar-refractivity contribution in [3.63, 3.8) is 0 Å². The number of hydrogen-bond acceptors (Lipinski definition) is 6. The monoisotopic (exact) mass is 662 g/mol. The Morgan fingerprint density at radius 3 is 1.40 bits per heavy atom. The summed E-state index contributed by atoms with van der Waals surface area (Å²) in [5.74, 6) is 1.73. The van der Waals surface area contributed by atoms with E-state index in [1.807, 2.05) is 36.4 Å². The zero-order chi connectivity index (χ0) is 33.5. The van der Waals surface area contributed by atoms with Gasteiger partial charge >= 0.3 is 0 Å². The van der Waals surface area contributed by atoms with E-state index in [4.69, 9.17) is 14.0 Å². The first-order chi connectivity index (χ1) is 22.0. The van der Waals surface area contributed by atoms with Crippen LogP contribution in [0.15, 0.2) is 108 Å². The van der Waals surface area contributed by atoms with Crippen molar-refractivity contribution in [2.24, 2.45) is 0 Å². The van der Waals surface area contributed by atoms with Crippen LogP contribution in [-0.4, -0.2) is 57.6 Å². The predicted molar refractivity (Wildman–Crippen MR) is 186 cm³/mol. The van der Waals surface area contributed by atoms with Crippen molar-refractivity contribution in [3.8, 4) is 11.5 Å². The lowest BCUT2D eigenvalue weighted by Gasteiger charge is -2.08. The molecule has 5 aromatic carbocycles. The standard InChI is InChI=1S/2C15H17NO2.C6H6O3S.H2O/c2*1-11(17)16-9-8-13-5-3-4-12-6-7-14(18-2)10-15(12)13;7-10(8,9)6-4-2-1-3-5-6;/h2*3-7,10H,8-9H2,1-2H3,(H,16,17);1-5H,(H,7,8,9);1H2. The van der Waals surface area contributed by atoms with Gasteiger partial charge in [0.15, 0.2) is 0 Å². The third-order valence-corrected chi connectivity index (χ3v) is 7.80. The van der Waals surface area contributed by atoms with Gasteiger partial charge in [-0.25, -0.2) is 0 Å². The molecule has 0 aliphatic rings. The molecule has 0 aliphatic carbocycles. The fourth-order valence-corrected chi connectivity index (χ4v) is 5.16. The van der Waals surface area contributed by atoms with Crippen LogP contribution in [0, 0.1) is 0 Å². The van der Waals surface area contributed by atoms with E-state index in [-0.39, 0.29) is 22.2 Å². The van der Waals surface area contributed by atoms with Crippen LogP contribution in [-0.2, 0) is 32.5 Å². The summed E-state index contributed by atoms with van der Waals surface area (Å²) in [5, 5.41) is 10.4. The number of rotatable bonds is 9. The van der Waals surface area contributed by atoms with Crippen molar-refractivity contribution >= 4 is 43.5 Å². The van der Waals surface area contributed by atoms with Gasteiger partial charge in [-0.3, -0.25) is 14.1 Å². The molecular formula is C36H42N2O8S. The number of nitrogens with one attached hydrogen (secondary N) is 2. The summed E-state index contributed by atoms with van der Waals surface area (Å²) in [7, 11) is -0.667. The Balaban J connectivity index is 0.000000253. The fraction of sp³-hybridized carbons (Fsp3) is 0.222. The maximum absolute atomic E-state index is 10.9. The Morgan fingerprint density at radius 1 is 0.638 bits per heavy atom. The summed E-state index contributed by atoms with van der Waals surface area (Å²) in [6.45, 7) is 4.38. The van der Waals surface area contributed by atoms with Crippen LogP contribution in [0.25, 0.3) is 21.5 Å². The molecule has 0 unspecified atom stereocenters. The highest BCUT2D eigenvalue weighted by atomic mass is 32.2. The lowest BCUT2D eigenvalue weighted by Crippen LogP contribution is -2.22. The highest BCUT2D eigenvalue weighted by Gasteiger charge is 2.06. The number of carbonyl (C=O) groups is 2. The molecule has 11 heteroatoms. The number of hydrogen-bond donors (Lipinski definition) is 3. The number of fused-ring (bicyclic) bond motifs is 2. The van der Waals surface area contributed by atoms with Gasteiger partial charge in [-0.1, -0.05) is 66.7 Å². The molecule has 0 radical (unpaired) electrons. The van der Waals surface area contributed by atoms with Gasteiger partial charge in [-0.15, -0.1) is 0 Å². The van der Waals surface area contributed by atoms with Crippen LogP contribution >= 0.6 is 0 Å². The van der Waals surface area contributed by atoms with Crippen LogP contribution in [0.1, 0.15) is 25.0 Å². The van der Waals surface area contributed by atoms with Gasteiger partial charge in [0.25, 0.3) is 10.1 Å². The van der Waals surface area contributed by atoms with Gasteiger partial charge < -0.3 is 25.6 Å². The van der Waals surface area contributed by atoms with Gasteiger partial charge in [0.2, 0.25) is 11.8 Å². The van der Waals surface area contributed by atoms with Crippen molar-refractivity contribution in [1.82, 2.24) is 10.6 Å². The largest absolute Gasteiger partial charge is 0.497 e. The van der Waals surface area contributed by atoms with Crippen LogP contribution in [0.3, 0.4) is 0 Å². The summed E-state index contributed by atoms with van der Waals surface area (Å²) in [6.07, 6.45) is 1.65. The minimum atomic E-state index is -4.00. The minimum absolute atomic E-state index is 0. The minimum Gasteiger partial charge on any atom is -0.497 e. The molecule has 0 spiro atoms. The highest BCUT2D eigenvalue weighted by Crippen LogP contribution is 2.25. The van der Waals surface area contributed by atoms with Crippen molar-refractivity contribution in [1.29, 1.82) is 0 Å². The number of ether oxygens (including phenoxy) is 2. The van der Waals surface area contributed by atoms with Gasteiger partial charge in [0.05, 0.1) is 19.1 Å². The van der Waals surface area contributed by atoms with E-state index < -0.39 is 10.1 Å². The second kappa shape index (κ2) is 18.9. The molecule has 0 saturated heterocycles. The van der Waals surface area contributed by atoms with E-state index in [2.05, 4.69) is 47.0 Å². The molecular weight excluding hydrogens is 620 g/mol. The number of benzene rings is 5. The SMILES string of the molecule is COc1ccc2cccc(CCNC(C)=O)c2c1.COc1ccc2cccc(CCNC(C)=O)c2c1.O.O=S(=O)(O)c1ccccc1. The van der Waals surface area contributed by atoms with Gasteiger partial charge in [-0.2, -0.15) is 8.42 Å². The highest BCUT2D eigenvalue weighted by molar-refractivity contribution is 7.85. The van der Waals surface area contributed by atoms with Crippen LogP contribution in [0.2, 0.25) is 0 Å². The second-order valence-corrected chi connectivity index (χ2v) is 11.7. The summed E-state index contributed by atoms with van der Waals surface area (Å²) < 4.78 is 39.7. The molecule has 0 fully saturated rings. The zero-order valence-corrected chi connectivity index (χ0v) is 27.8.